The van der Waals surface area contributed by atoms with Crippen molar-refractivity contribution in [2.75, 3.05) is 66.1 Å². The van der Waals surface area contributed by atoms with E-state index in [0.717, 1.165) is 71.7 Å². The van der Waals surface area contributed by atoms with Gasteiger partial charge in [-0.15, -0.1) is 0 Å². The molecule has 0 aromatic carbocycles. The fraction of sp³-hybridized carbons (Fsp3) is 0.848. The number of morpholine rings is 1. The Bertz CT molecular complexity index is 948. The van der Waals surface area contributed by atoms with Gasteiger partial charge in [0.05, 0.1) is 49.3 Å². The van der Waals surface area contributed by atoms with Gasteiger partial charge in [0.15, 0.2) is 0 Å². The first-order chi connectivity index (χ1) is 20.5. The number of epoxide rings is 1. The Morgan fingerprint density at radius 3 is 2.42 bits per heavy atom. The third-order valence-electron chi connectivity index (χ3n) is 9.87. The largest absolute Gasteiger partial charge is 0.391 e. The highest BCUT2D eigenvalue weighted by molar-refractivity contribution is 5.74. The number of carbonyl (C=O) groups excluding carboxylic acids is 1. The highest BCUT2D eigenvalue weighted by Gasteiger charge is 2.56. The fourth-order valence-electron chi connectivity index (χ4n) is 7.35. The molecule has 10 nitrogen and oxygen atoms in total. The predicted octanol–water partition coefficient (Wildman–Crippen LogP) is 3.46. The second-order valence-electron chi connectivity index (χ2n) is 13.6. The van der Waals surface area contributed by atoms with E-state index in [1.165, 1.54) is 5.57 Å². The minimum absolute atomic E-state index is 0.0122. The molecule has 2 amide bonds. The summed E-state index contributed by atoms with van der Waals surface area (Å²) in [4.78, 5) is 14.8. The van der Waals surface area contributed by atoms with Crippen LogP contribution in [0, 0.1) is 17.8 Å². The number of rotatable bonds is 12. The topological polar surface area (TPSA) is 99.3 Å². The molecule has 10 heteroatoms. The SMILES string of the molecule is CO[C@H]([C@@H](C)[C@H]1O[C@]1(C)C[C@H](C)/C=C/C=C(\C)[C@H]1O[C@@H](CNC(=O)N2CCN(N3CCOCC3)CC2)CC[C@@H]1C)[C@@H](C)O. The highest BCUT2D eigenvalue weighted by Crippen LogP contribution is 2.47. The van der Waals surface area contributed by atoms with Crippen LogP contribution >= 0.6 is 0 Å². The van der Waals surface area contributed by atoms with Gasteiger partial charge < -0.3 is 34.3 Å². The summed E-state index contributed by atoms with van der Waals surface area (Å²) in [5.74, 6) is 0.912. The third-order valence-corrected chi connectivity index (χ3v) is 9.87. The van der Waals surface area contributed by atoms with Crippen LogP contribution in [0.5, 0.6) is 0 Å². The Balaban J connectivity index is 1.19. The van der Waals surface area contributed by atoms with Crippen molar-refractivity contribution in [3.8, 4) is 0 Å². The number of hydrogen-bond acceptors (Lipinski definition) is 8. The van der Waals surface area contributed by atoms with E-state index in [1.54, 1.807) is 14.0 Å². The quantitative estimate of drug-likeness (QED) is 0.258. The summed E-state index contributed by atoms with van der Waals surface area (Å²) in [7, 11) is 1.65. The molecule has 4 rings (SSSR count). The molecule has 0 saturated carbocycles. The number of piperazine rings is 1. The lowest BCUT2D eigenvalue weighted by molar-refractivity contribution is -0.104. The van der Waals surface area contributed by atoms with Gasteiger partial charge in [-0.25, -0.2) is 14.8 Å². The summed E-state index contributed by atoms with van der Waals surface area (Å²) >= 11 is 0. The fourth-order valence-corrected chi connectivity index (χ4v) is 7.35. The van der Waals surface area contributed by atoms with E-state index < -0.39 is 6.10 Å². The van der Waals surface area contributed by atoms with Crippen molar-refractivity contribution in [3.05, 3.63) is 23.8 Å². The number of allylic oxidation sites excluding steroid dienone is 3. The number of hydrogen-bond donors (Lipinski definition) is 2. The van der Waals surface area contributed by atoms with Crippen LogP contribution in [0.25, 0.3) is 0 Å². The maximum absolute atomic E-state index is 12.9. The number of nitrogens with one attached hydrogen (secondary N) is 1. The minimum Gasteiger partial charge on any atom is -0.391 e. The molecule has 4 fully saturated rings. The molecule has 43 heavy (non-hydrogen) atoms. The molecule has 0 unspecified atom stereocenters. The molecule has 246 valence electrons. The van der Waals surface area contributed by atoms with Crippen LogP contribution in [0.2, 0.25) is 0 Å². The second kappa shape index (κ2) is 15.7. The number of methoxy groups -OCH3 is 1. The normalized spacial score (nSPS) is 34.1. The molecule has 0 bridgehead atoms. The van der Waals surface area contributed by atoms with Crippen LogP contribution in [0.4, 0.5) is 4.79 Å². The van der Waals surface area contributed by atoms with Gasteiger partial charge in [0, 0.05) is 58.8 Å². The van der Waals surface area contributed by atoms with Gasteiger partial charge in [-0.3, -0.25) is 0 Å². The van der Waals surface area contributed by atoms with Crippen molar-refractivity contribution >= 4 is 6.03 Å². The van der Waals surface area contributed by atoms with E-state index in [1.807, 2.05) is 4.90 Å². The Kier molecular flexibility index (Phi) is 12.5. The maximum Gasteiger partial charge on any atom is 0.317 e. The van der Waals surface area contributed by atoms with Crippen molar-refractivity contribution < 1.29 is 28.8 Å². The number of hydrazine groups is 1. The Hall–Kier alpha value is -1.53. The number of urea groups is 1. The van der Waals surface area contributed by atoms with Crippen molar-refractivity contribution in [2.24, 2.45) is 17.8 Å². The second-order valence-corrected chi connectivity index (χ2v) is 13.6. The molecule has 0 aromatic rings. The van der Waals surface area contributed by atoms with Crippen LogP contribution in [0.3, 0.4) is 0 Å². The van der Waals surface area contributed by atoms with Crippen LogP contribution in [0.15, 0.2) is 23.8 Å². The summed E-state index contributed by atoms with van der Waals surface area (Å²) in [6, 6.07) is 0.0122. The van der Waals surface area contributed by atoms with Gasteiger partial charge in [-0.2, -0.15) is 0 Å². The summed E-state index contributed by atoms with van der Waals surface area (Å²) in [5.41, 5.74) is 1.02. The summed E-state index contributed by atoms with van der Waals surface area (Å²) in [6.45, 7) is 19.8. The standard InChI is InChI=1S/C33H58N4O6/c1-23(21-33(6)31(43-33)26(4)30(40-7)27(5)38)9-8-10-24(2)29-25(3)11-12-28(42-29)22-34-32(39)35-13-15-36(16-14-35)37-17-19-41-20-18-37/h8-10,23,25-31,38H,11-22H2,1-7H3,(H,34,39)/b9-8+,24-10+/t23-,25+,26-,27-,28-,29-,30-,31-,33-/m1/s1. The van der Waals surface area contributed by atoms with Gasteiger partial charge in [-0.05, 0) is 57.4 Å². The number of ether oxygens (including phenoxy) is 4. The average molecular weight is 607 g/mol. The van der Waals surface area contributed by atoms with Gasteiger partial charge >= 0.3 is 6.03 Å². The highest BCUT2D eigenvalue weighted by atomic mass is 16.6. The lowest BCUT2D eigenvalue weighted by Gasteiger charge is -2.42. The van der Waals surface area contributed by atoms with E-state index in [9.17, 15) is 9.90 Å². The zero-order valence-corrected chi connectivity index (χ0v) is 27.7. The molecule has 0 aliphatic carbocycles. The first-order valence-electron chi connectivity index (χ1n) is 16.5. The van der Waals surface area contributed by atoms with E-state index >= 15 is 0 Å². The molecule has 0 aromatic heterocycles. The lowest BCUT2D eigenvalue weighted by atomic mass is 9.85. The summed E-state index contributed by atoms with van der Waals surface area (Å²) in [6.07, 6.45) is 8.94. The molecule has 4 aliphatic heterocycles. The zero-order valence-electron chi connectivity index (χ0n) is 27.7. The van der Waals surface area contributed by atoms with Crippen LogP contribution < -0.4 is 5.32 Å². The van der Waals surface area contributed by atoms with Gasteiger partial charge in [0.25, 0.3) is 0 Å². The van der Waals surface area contributed by atoms with Crippen LogP contribution in [-0.4, -0.2) is 128 Å². The Morgan fingerprint density at radius 2 is 1.77 bits per heavy atom. The van der Waals surface area contributed by atoms with Gasteiger partial charge in [0.1, 0.15) is 0 Å². The average Bonchev–Trinajstić information content (AvgIpc) is 3.67. The number of amides is 2. The molecule has 9 atom stereocenters. The minimum atomic E-state index is -0.527. The zero-order chi connectivity index (χ0) is 31.1. The number of aliphatic hydroxyl groups excluding tert-OH is 1. The molecule has 4 heterocycles. The van der Waals surface area contributed by atoms with Crippen molar-refractivity contribution in [3.63, 3.8) is 0 Å². The molecular weight excluding hydrogens is 548 g/mol. The molecule has 4 aliphatic rings. The third kappa shape index (κ3) is 9.25. The van der Waals surface area contributed by atoms with E-state index in [2.05, 4.69) is 68.2 Å². The monoisotopic (exact) mass is 606 g/mol. The molecule has 0 radical (unpaired) electrons. The smallest absolute Gasteiger partial charge is 0.317 e. The van der Waals surface area contributed by atoms with Gasteiger partial charge in [0.2, 0.25) is 0 Å². The van der Waals surface area contributed by atoms with Crippen molar-refractivity contribution in [1.29, 1.82) is 0 Å². The number of aliphatic hydroxyl groups is 1. The summed E-state index contributed by atoms with van der Waals surface area (Å²) < 4.78 is 23.6. The Labute approximate surface area is 259 Å². The molecule has 0 spiro atoms. The van der Waals surface area contributed by atoms with Crippen LogP contribution in [0.1, 0.15) is 60.8 Å². The van der Waals surface area contributed by atoms with E-state index in [-0.39, 0.29) is 42.0 Å². The molecule has 4 saturated heterocycles. The van der Waals surface area contributed by atoms with Crippen LogP contribution in [-0.2, 0) is 18.9 Å². The first kappa shape index (κ1) is 34.3. The first-order valence-corrected chi connectivity index (χ1v) is 16.5. The van der Waals surface area contributed by atoms with Gasteiger partial charge in [-0.1, -0.05) is 39.0 Å². The number of carbonyl (C=O) groups is 1. The van der Waals surface area contributed by atoms with Crippen molar-refractivity contribution in [1.82, 2.24) is 20.2 Å². The summed E-state index contributed by atoms with van der Waals surface area (Å²) in [5, 5.41) is 17.9. The maximum atomic E-state index is 12.9. The molecular formula is C33H58N4O6. The predicted molar refractivity (Wildman–Crippen MR) is 168 cm³/mol. The lowest BCUT2D eigenvalue weighted by Crippen LogP contribution is -2.58. The van der Waals surface area contributed by atoms with E-state index in [0.29, 0.717) is 18.4 Å². The number of nitrogens with zero attached hydrogens (tertiary/aromatic N) is 3. The molecule has 2 N–H and O–H groups in total. The van der Waals surface area contributed by atoms with E-state index in [4.69, 9.17) is 18.9 Å². The van der Waals surface area contributed by atoms with Crippen molar-refractivity contribution in [2.45, 2.75) is 96.9 Å². The Morgan fingerprint density at radius 1 is 1.09 bits per heavy atom.